The fourth-order valence-electron chi connectivity index (χ4n) is 2.39. The third-order valence-corrected chi connectivity index (χ3v) is 3.70. The average Bonchev–Trinajstić information content (AvgIpc) is 2.77. The Kier molecular flexibility index (Phi) is 3.61. The van der Waals surface area contributed by atoms with Crippen molar-refractivity contribution in [2.24, 2.45) is 0 Å². The fraction of sp³-hybridized carbons (Fsp3) is 0.188. The van der Waals surface area contributed by atoms with E-state index in [-0.39, 0.29) is 0 Å². The van der Waals surface area contributed by atoms with Crippen LogP contribution in [-0.4, -0.2) is 16.1 Å². The lowest BCUT2D eigenvalue weighted by atomic mass is 10.3. The highest BCUT2D eigenvalue weighted by Gasteiger charge is 2.06. The van der Waals surface area contributed by atoms with Gasteiger partial charge in [-0.05, 0) is 31.2 Å². The summed E-state index contributed by atoms with van der Waals surface area (Å²) >= 11 is 6.13. The Morgan fingerprint density at radius 3 is 2.70 bits per heavy atom. The summed E-state index contributed by atoms with van der Waals surface area (Å²) in [6.45, 7) is 3.71. The van der Waals surface area contributed by atoms with Crippen molar-refractivity contribution in [3.05, 3.63) is 59.4 Å². The second-order valence-corrected chi connectivity index (χ2v) is 5.11. The van der Waals surface area contributed by atoms with Crippen LogP contribution in [0.3, 0.4) is 0 Å². The molecule has 0 aliphatic carbocycles. The topological polar surface area (TPSA) is 29.9 Å². The molecule has 3 nitrogen and oxygen atoms in total. The van der Waals surface area contributed by atoms with E-state index in [0.717, 1.165) is 35.1 Å². The van der Waals surface area contributed by atoms with E-state index in [0.29, 0.717) is 0 Å². The molecule has 3 aromatic rings. The van der Waals surface area contributed by atoms with Crippen LogP contribution in [0.25, 0.3) is 11.0 Å². The van der Waals surface area contributed by atoms with Gasteiger partial charge in [0.2, 0.25) is 0 Å². The first kappa shape index (κ1) is 13.0. The summed E-state index contributed by atoms with van der Waals surface area (Å²) in [5, 5.41) is 4.11. The van der Waals surface area contributed by atoms with Crippen LogP contribution in [0.1, 0.15) is 5.82 Å². The van der Waals surface area contributed by atoms with Gasteiger partial charge >= 0.3 is 0 Å². The number of nitrogens with zero attached hydrogens (tertiary/aromatic N) is 2. The van der Waals surface area contributed by atoms with Gasteiger partial charge in [0, 0.05) is 13.1 Å². The summed E-state index contributed by atoms with van der Waals surface area (Å²) in [7, 11) is 0. The Morgan fingerprint density at radius 1 is 1.10 bits per heavy atom. The normalized spacial score (nSPS) is 10.9. The molecular weight excluding hydrogens is 270 g/mol. The quantitative estimate of drug-likeness (QED) is 0.782. The van der Waals surface area contributed by atoms with Crippen LogP contribution in [0.2, 0.25) is 5.02 Å². The molecule has 20 heavy (non-hydrogen) atoms. The number of halogens is 1. The van der Waals surface area contributed by atoms with Gasteiger partial charge in [0.15, 0.2) is 0 Å². The van der Waals surface area contributed by atoms with Crippen LogP contribution in [0.4, 0.5) is 5.69 Å². The number of aryl methyl sites for hydroxylation is 1. The standard InChI is InChI=1S/C16H16ClN3/c1-12-19-15-8-4-5-9-16(15)20(12)11-10-18-14-7-3-2-6-13(14)17/h2-9,18H,10-11H2,1H3. The number of nitrogens with one attached hydrogen (secondary N) is 1. The largest absolute Gasteiger partial charge is 0.382 e. The Hall–Kier alpha value is -2.00. The molecule has 0 amide bonds. The minimum Gasteiger partial charge on any atom is -0.382 e. The molecule has 102 valence electrons. The van der Waals surface area contributed by atoms with Crippen LogP contribution < -0.4 is 5.32 Å². The molecule has 1 N–H and O–H groups in total. The van der Waals surface area contributed by atoms with Gasteiger partial charge in [-0.2, -0.15) is 0 Å². The molecule has 0 atom stereocenters. The predicted molar refractivity (Wildman–Crippen MR) is 84.4 cm³/mol. The highest BCUT2D eigenvalue weighted by atomic mass is 35.5. The fourth-order valence-corrected chi connectivity index (χ4v) is 2.59. The third kappa shape index (κ3) is 2.49. The van der Waals surface area contributed by atoms with Crippen LogP contribution in [0.5, 0.6) is 0 Å². The van der Waals surface area contributed by atoms with Crippen molar-refractivity contribution < 1.29 is 0 Å². The van der Waals surface area contributed by atoms with E-state index in [1.807, 2.05) is 49.4 Å². The van der Waals surface area contributed by atoms with E-state index in [1.54, 1.807) is 0 Å². The minimum atomic E-state index is 0.750. The first-order valence-corrected chi connectivity index (χ1v) is 7.04. The summed E-state index contributed by atoms with van der Waals surface area (Å²) in [6, 6.07) is 16.0. The molecular formula is C16H16ClN3. The van der Waals surface area contributed by atoms with Crippen molar-refractivity contribution in [2.75, 3.05) is 11.9 Å². The Labute approximate surface area is 123 Å². The molecule has 1 aromatic heterocycles. The van der Waals surface area contributed by atoms with Crippen molar-refractivity contribution in [3.8, 4) is 0 Å². The second kappa shape index (κ2) is 5.55. The van der Waals surface area contributed by atoms with Crippen molar-refractivity contribution >= 4 is 28.3 Å². The zero-order valence-electron chi connectivity index (χ0n) is 11.3. The Balaban J connectivity index is 1.74. The van der Waals surface area contributed by atoms with E-state index >= 15 is 0 Å². The maximum absolute atomic E-state index is 6.13. The Bertz CT molecular complexity index is 733. The van der Waals surface area contributed by atoms with Crippen molar-refractivity contribution in [3.63, 3.8) is 0 Å². The van der Waals surface area contributed by atoms with Crippen LogP contribution in [0.15, 0.2) is 48.5 Å². The highest BCUT2D eigenvalue weighted by molar-refractivity contribution is 6.33. The van der Waals surface area contributed by atoms with Gasteiger partial charge in [0.05, 0.1) is 21.7 Å². The molecule has 2 aromatic carbocycles. The summed E-state index contributed by atoms with van der Waals surface area (Å²) < 4.78 is 2.22. The molecule has 0 radical (unpaired) electrons. The lowest BCUT2D eigenvalue weighted by molar-refractivity contribution is 0.721. The summed E-state index contributed by atoms with van der Waals surface area (Å²) in [5.41, 5.74) is 3.19. The lowest BCUT2D eigenvalue weighted by Crippen LogP contribution is -2.11. The maximum Gasteiger partial charge on any atom is 0.106 e. The number of anilines is 1. The first-order valence-electron chi connectivity index (χ1n) is 6.66. The maximum atomic E-state index is 6.13. The minimum absolute atomic E-state index is 0.750. The molecule has 0 saturated carbocycles. The average molecular weight is 286 g/mol. The summed E-state index contributed by atoms with van der Waals surface area (Å²) in [6.07, 6.45) is 0. The van der Waals surface area contributed by atoms with Crippen molar-refractivity contribution in [1.29, 1.82) is 0 Å². The third-order valence-electron chi connectivity index (χ3n) is 3.37. The number of benzene rings is 2. The van der Waals surface area contributed by atoms with Gasteiger partial charge in [-0.3, -0.25) is 0 Å². The monoisotopic (exact) mass is 285 g/mol. The van der Waals surface area contributed by atoms with E-state index < -0.39 is 0 Å². The van der Waals surface area contributed by atoms with E-state index in [2.05, 4.69) is 20.9 Å². The first-order chi connectivity index (χ1) is 9.75. The molecule has 3 rings (SSSR count). The predicted octanol–water partition coefficient (Wildman–Crippen LogP) is 4.11. The molecule has 0 bridgehead atoms. The van der Waals surface area contributed by atoms with Gasteiger partial charge in [-0.25, -0.2) is 4.98 Å². The van der Waals surface area contributed by atoms with Gasteiger partial charge < -0.3 is 9.88 Å². The van der Waals surface area contributed by atoms with E-state index in [9.17, 15) is 0 Å². The van der Waals surface area contributed by atoms with Gasteiger partial charge in [0.1, 0.15) is 5.82 Å². The van der Waals surface area contributed by atoms with Crippen LogP contribution >= 0.6 is 11.6 Å². The summed E-state index contributed by atoms with van der Waals surface area (Å²) in [5.74, 6) is 1.03. The van der Waals surface area contributed by atoms with E-state index in [4.69, 9.17) is 11.6 Å². The smallest absolute Gasteiger partial charge is 0.106 e. The molecule has 0 aliphatic rings. The number of hydrogen-bond donors (Lipinski definition) is 1. The summed E-state index contributed by atoms with van der Waals surface area (Å²) in [4.78, 5) is 4.57. The molecule has 0 aliphatic heterocycles. The molecule has 1 heterocycles. The van der Waals surface area contributed by atoms with Crippen molar-refractivity contribution in [1.82, 2.24) is 9.55 Å². The molecule has 4 heteroatoms. The lowest BCUT2D eigenvalue weighted by Gasteiger charge is -2.10. The highest BCUT2D eigenvalue weighted by Crippen LogP contribution is 2.20. The van der Waals surface area contributed by atoms with Crippen LogP contribution in [-0.2, 0) is 6.54 Å². The van der Waals surface area contributed by atoms with Gasteiger partial charge in [-0.15, -0.1) is 0 Å². The molecule has 0 fully saturated rings. The molecule has 0 unspecified atom stereocenters. The SMILES string of the molecule is Cc1nc2ccccc2n1CCNc1ccccc1Cl. The molecule has 0 spiro atoms. The number of hydrogen-bond acceptors (Lipinski definition) is 2. The zero-order chi connectivity index (χ0) is 13.9. The van der Waals surface area contributed by atoms with Gasteiger partial charge in [-0.1, -0.05) is 35.9 Å². The number of para-hydroxylation sites is 3. The number of rotatable bonds is 4. The van der Waals surface area contributed by atoms with E-state index in [1.165, 1.54) is 5.52 Å². The molecule has 0 saturated heterocycles. The number of aromatic nitrogens is 2. The number of fused-ring (bicyclic) bond motifs is 1. The van der Waals surface area contributed by atoms with Gasteiger partial charge in [0.25, 0.3) is 0 Å². The van der Waals surface area contributed by atoms with Crippen LogP contribution in [0, 0.1) is 6.92 Å². The zero-order valence-corrected chi connectivity index (χ0v) is 12.1. The number of imidazole rings is 1. The second-order valence-electron chi connectivity index (χ2n) is 4.71. The Morgan fingerprint density at radius 2 is 1.85 bits per heavy atom. The van der Waals surface area contributed by atoms with Crippen molar-refractivity contribution in [2.45, 2.75) is 13.5 Å².